The summed E-state index contributed by atoms with van der Waals surface area (Å²) in [5.74, 6) is 0. The van der Waals surface area contributed by atoms with Gasteiger partial charge in [0, 0.05) is 16.8 Å². The number of para-hydroxylation sites is 1. The molecule has 0 spiro atoms. The lowest BCUT2D eigenvalue weighted by Gasteiger charge is -2.36. The summed E-state index contributed by atoms with van der Waals surface area (Å²) in [5.41, 5.74) is 18.7. The summed E-state index contributed by atoms with van der Waals surface area (Å²) in [6.45, 7) is 6.94. The normalized spacial score (nSPS) is 12.7. The van der Waals surface area contributed by atoms with E-state index in [0.29, 0.717) is 0 Å². The van der Waals surface area contributed by atoms with E-state index >= 15 is 0 Å². The van der Waals surface area contributed by atoms with Crippen LogP contribution in [0.5, 0.6) is 0 Å². The van der Waals surface area contributed by atoms with Crippen LogP contribution in [0.25, 0.3) is 55.3 Å². The lowest BCUT2D eigenvalue weighted by Crippen LogP contribution is -2.28. The predicted molar refractivity (Wildman–Crippen MR) is 271 cm³/mol. The van der Waals surface area contributed by atoms with Crippen LogP contribution >= 0.6 is 0 Å². The summed E-state index contributed by atoms with van der Waals surface area (Å²) in [7, 11) is 0. The Morgan fingerprint density at radius 3 is 1.48 bits per heavy atom. The number of anilines is 3. The molecular formula is C63H49N. The van der Waals surface area contributed by atoms with Crippen LogP contribution in [-0.2, 0) is 10.8 Å². The fourth-order valence-electron chi connectivity index (χ4n) is 10.3. The molecule has 0 saturated carbocycles. The molecule has 0 atom stereocenters. The van der Waals surface area contributed by atoms with E-state index in [-0.39, 0.29) is 5.41 Å². The maximum atomic E-state index is 2.56. The van der Waals surface area contributed by atoms with Crippen LogP contribution in [-0.4, -0.2) is 0 Å². The van der Waals surface area contributed by atoms with E-state index in [4.69, 9.17) is 0 Å². The van der Waals surface area contributed by atoms with Gasteiger partial charge in [0.05, 0.1) is 16.8 Å². The monoisotopic (exact) mass is 819 g/mol. The first kappa shape index (κ1) is 39.1. The van der Waals surface area contributed by atoms with Gasteiger partial charge in [-0.05, 0) is 102 Å². The Bertz CT molecular complexity index is 3240. The van der Waals surface area contributed by atoms with Gasteiger partial charge >= 0.3 is 0 Å². The molecule has 64 heavy (non-hydrogen) atoms. The second-order valence-electron chi connectivity index (χ2n) is 18.0. The van der Waals surface area contributed by atoms with Crippen LogP contribution in [0.4, 0.5) is 17.1 Å². The summed E-state index contributed by atoms with van der Waals surface area (Å²) in [6.07, 6.45) is 0. The molecule has 0 fully saturated rings. The van der Waals surface area contributed by atoms with Crippen molar-refractivity contribution in [3.8, 4) is 44.5 Å². The zero-order valence-electron chi connectivity index (χ0n) is 36.5. The molecule has 0 saturated heterocycles. The minimum atomic E-state index is -0.550. The number of hydrogen-bond donors (Lipinski definition) is 0. The van der Waals surface area contributed by atoms with Gasteiger partial charge in [0.15, 0.2) is 0 Å². The molecule has 0 aromatic heterocycles. The molecule has 0 amide bonds. The fourth-order valence-corrected chi connectivity index (χ4v) is 10.3. The fraction of sp³-hybridized carbons (Fsp3) is 0.0794. The Kier molecular flexibility index (Phi) is 9.70. The smallest absolute Gasteiger partial charge is 0.0714 e. The highest BCUT2D eigenvalue weighted by molar-refractivity contribution is 6.09. The Morgan fingerprint density at radius 2 is 0.844 bits per heavy atom. The molecule has 1 aliphatic rings. The zero-order valence-corrected chi connectivity index (χ0v) is 36.5. The summed E-state index contributed by atoms with van der Waals surface area (Å²) >= 11 is 0. The van der Waals surface area contributed by atoms with Gasteiger partial charge in [-0.25, -0.2) is 0 Å². The molecule has 1 nitrogen and oxygen atoms in total. The van der Waals surface area contributed by atoms with E-state index in [0.717, 1.165) is 22.6 Å². The average molecular weight is 820 g/mol. The highest BCUT2D eigenvalue weighted by atomic mass is 15.1. The molecule has 10 aromatic rings. The molecule has 0 aliphatic heterocycles. The van der Waals surface area contributed by atoms with Gasteiger partial charge in [-0.15, -0.1) is 0 Å². The molecule has 0 bridgehead atoms. The van der Waals surface area contributed by atoms with Gasteiger partial charge in [-0.2, -0.15) is 0 Å². The van der Waals surface area contributed by atoms with Gasteiger partial charge in [0.2, 0.25) is 0 Å². The van der Waals surface area contributed by atoms with Gasteiger partial charge in [-0.3, -0.25) is 0 Å². The van der Waals surface area contributed by atoms with Gasteiger partial charge in [-0.1, -0.05) is 239 Å². The van der Waals surface area contributed by atoms with Gasteiger partial charge < -0.3 is 4.90 Å². The molecule has 1 heteroatoms. The predicted octanol–water partition coefficient (Wildman–Crippen LogP) is 17.0. The van der Waals surface area contributed by atoms with E-state index < -0.39 is 5.41 Å². The van der Waals surface area contributed by atoms with E-state index in [9.17, 15) is 0 Å². The third-order valence-electron chi connectivity index (χ3n) is 13.3. The zero-order chi connectivity index (χ0) is 43.3. The lowest BCUT2D eigenvalue weighted by molar-refractivity contribution is 0.590. The number of fused-ring (bicyclic) bond motifs is 4. The van der Waals surface area contributed by atoms with Crippen molar-refractivity contribution in [3.63, 3.8) is 0 Å². The van der Waals surface area contributed by atoms with E-state index in [1.165, 1.54) is 77.5 Å². The number of benzene rings is 10. The largest absolute Gasteiger partial charge is 0.309 e. The molecule has 0 N–H and O–H groups in total. The molecule has 306 valence electrons. The Labute approximate surface area is 377 Å². The molecule has 11 rings (SSSR count). The Balaban J connectivity index is 1.25. The van der Waals surface area contributed by atoms with E-state index in [2.05, 4.69) is 268 Å². The highest BCUT2D eigenvalue weighted by Gasteiger charge is 2.46. The van der Waals surface area contributed by atoms with Crippen molar-refractivity contribution in [1.82, 2.24) is 0 Å². The molecular weight excluding hydrogens is 771 g/mol. The molecule has 1 aliphatic carbocycles. The first-order valence-corrected chi connectivity index (χ1v) is 22.4. The first-order chi connectivity index (χ1) is 31.4. The van der Waals surface area contributed by atoms with Crippen LogP contribution in [0.1, 0.15) is 48.6 Å². The van der Waals surface area contributed by atoms with Crippen LogP contribution in [0.2, 0.25) is 0 Å². The van der Waals surface area contributed by atoms with Crippen LogP contribution in [0.3, 0.4) is 0 Å². The standard InChI is InChI=1S/C63H49N/c1-62(2,3)49-38-40-51(44-22-8-4-9-23-44)60(42-49)64(59-37-19-17-33-55(59)56-35-21-27-46-26-20-34-52(61(46)56)45-24-10-5-11-25-45)50-39-41-54-53-32-16-18-36-57(53)63(58(54)43-50,47-28-12-6-13-29-47)48-30-14-7-15-31-48/h4-43H,1-3H3. The Hall–Kier alpha value is -7.74. The highest BCUT2D eigenvalue weighted by Crippen LogP contribution is 2.58. The van der Waals surface area contributed by atoms with Crippen molar-refractivity contribution in [2.45, 2.75) is 31.6 Å². The van der Waals surface area contributed by atoms with Crippen molar-refractivity contribution in [2.24, 2.45) is 0 Å². The first-order valence-electron chi connectivity index (χ1n) is 22.4. The summed E-state index contributed by atoms with van der Waals surface area (Å²) < 4.78 is 0. The van der Waals surface area contributed by atoms with Crippen LogP contribution in [0.15, 0.2) is 243 Å². The second kappa shape index (κ2) is 15.9. The number of hydrogen-bond acceptors (Lipinski definition) is 1. The third kappa shape index (κ3) is 6.47. The molecule has 0 heterocycles. The van der Waals surface area contributed by atoms with Crippen LogP contribution in [0, 0.1) is 0 Å². The summed E-state index contributed by atoms with van der Waals surface area (Å²) in [5, 5.41) is 2.46. The average Bonchev–Trinajstić information content (AvgIpc) is 3.65. The van der Waals surface area contributed by atoms with Crippen molar-refractivity contribution < 1.29 is 0 Å². The summed E-state index contributed by atoms with van der Waals surface area (Å²) in [4.78, 5) is 2.56. The van der Waals surface area contributed by atoms with Crippen LogP contribution < -0.4 is 4.90 Å². The van der Waals surface area contributed by atoms with Gasteiger partial charge in [0.1, 0.15) is 0 Å². The van der Waals surface area contributed by atoms with Crippen molar-refractivity contribution in [1.29, 1.82) is 0 Å². The van der Waals surface area contributed by atoms with E-state index in [1.807, 2.05) is 0 Å². The van der Waals surface area contributed by atoms with E-state index in [1.54, 1.807) is 0 Å². The van der Waals surface area contributed by atoms with Crippen molar-refractivity contribution >= 4 is 27.8 Å². The summed E-state index contributed by atoms with van der Waals surface area (Å²) in [6, 6.07) is 89.8. The number of nitrogens with zero attached hydrogens (tertiary/aromatic N) is 1. The van der Waals surface area contributed by atoms with Crippen molar-refractivity contribution in [3.05, 3.63) is 270 Å². The minimum absolute atomic E-state index is 0.0925. The Morgan fingerprint density at radius 1 is 0.344 bits per heavy atom. The van der Waals surface area contributed by atoms with Crippen molar-refractivity contribution in [2.75, 3.05) is 4.90 Å². The maximum Gasteiger partial charge on any atom is 0.0714 e. The quantitative estimate of drug-likeness (QED) is 0.148. The number of rotatable bonds is 8. The molecule has 10 aromatic carbocycles. The second-order valence-corrected chi connectivity index (χ2v) is 18.0. The minimum Gasteiger partial charge on any atom is -0.309 e. The SMILES string of the molecule is CC(C)(C)c1ccc(-c2ccccc2)c(N(c2ccc3c(c2)C(c2ccccc2)(c2ccccc2)c2ccccc2-3)c2ccccc2-c2cccc3cccc(-c4ccccc4)c23)c1. The molecule has 0 radical (unpaired) electrons. The topological polar surface area (TPSA) is 3.24 Å². The molecule has 0 unspecified atom stereocenters. The maximum absolute atomic E-state index is 2.56. The third-order valence-corrected chi connectivity index (χ3v) is 13.3. The lowest BCUT2D eigenvalue weighted by atomic mass is 9.67. The van der Waals surface area contributed by atoms with Gasteiger partial charge in [0.25, 0.3) is 0 Å².